The number of carbonyl (C=O) groups excluding carboxylic acids is 2. The van der Waals surface area contributed by atoms with E-state index in [1.54, 1.807) is 30.0 Å². The van der Waals surface area contributed by atoms with Crippen molar-refractivity contribution >= 4 is 46.6 Å². The lowest BCUT2D eigenvalue weighted by Gasteiger charge is -2.27. The van der Waals surface area contributed by atoms with Crippen molar-refractivity contribution in [3.8, 4) is 22.6 Å². The van der Waals surface area contributed by atoms with Crippen LogP contribution in [0.15, 0.2) is 72.8 Å². The Morgan fingerprint density at radius 2 is 1.67 bits per heavy atom. The number of aryl methyl sites for hydroxylation is 1. The van der Waals surface area contributed by atoms with Gasteiger partial charge in [-0.15, -0.1) is 0 Å². The molecule has 4 rings (SSSR count). The van der Waals surface area contributed by atoms with Crippen molar-refractivity contribution in [1.82, 2.24) is 14.7 Å². The van der Waals surface area contributed by atoms with Gasteiger partial charge < -0.3 is 20.3 Å². The van der Waals surface area contributed by atoms with Crippen LogP contribution in [0, 0.1) is 6.92 Å². The van der Waals surface area contributed by atoms with E-state index in [9.17, 15) is 9.59 Å². The number of rotatable bonds is 8. The molecule has 0 unspecified atom stereocenters. The standard InChI is InChI=1S/C29H29Cl2N5O3/c1-18(2)35(29(38)32-24-12-8-11-23(30)27(24)31)17-25(37)33-28-26(20-9-6-5-7-10-20)19(3)34-36(28)21-13-15-22(39-4)16-14-21/h5-16,18H,17H2,1-4H3,(H,32,38)(H,33,37). The summed E-state index contributed by atoms with van der Waals surface area (Å²) in [7, 11) is 1.60. The van der Waals surface area contributed by atoms with Crippen LogP contribution in [0.2, 0.25) is 10.0 Å². The van der Waals surface area contributed by atoms with Crippen LogP contribution in [0.3, 0.4) is 0 Å². The van der Waals surface area contributed by atoms with Gasteiger partial charge in [-0.1, -0.05) is 59.6 Å². The molecule has 0 bridgehead atoms. The van der Waals surface area contributed by atoms with E-state index in [1.807, 2.05) is 75.4 Å². The minimum atomic E-state index is -0.479. The molecule has 4 aromatic rings. The summed E-state index contributed by atoms with van der Waals surface area (Å²) < 4.78 is 6.97. The number of methoxy groups -OCH3 is 1. The molecule has 202 valence electrons. The maximum absolute atomic E-state index is 13.4. The van der Waals surface area contributed by atoms with Gasteiger partial charge in [0.05, 0.1) is 34.2 Å². The third-order valence-corrected chi connectivity index (χ3v) is 6.91. The normalized spacial score (nSPS) is 10.8. The lowest BCUT2D eigenvalue weighted by atomic mass is 10.1. The van der Waals surface area contributed by atoms with E-state index in [0.717, 1.165) is 22.5 Å². The van der Waals surface area contributed by atoms with Gasteiger partial charge in [-0.05, 0) is 62.7 Å². The maximum Gasteiger partial charge on any atom is 0.322 e. The number of amides is 3. The van der Waals surface area contributed by atoms with Gasteiger partial charge in [-0.2, -0.15) is 5.10 Å². The molecule has 3 amide bonds. The van der Waals surface area contributed by atoms with Crippen LogP contribution in [0.5, 0.6) is 5.75 Å². The van der Waals surface area contributed by atoms with Crippen LogP contribution < -0.4 is 15.4 Å². The van der Waals surface area contributed by atoms with E-state index in [4.69, 9.17) is 33.0 Å². The van der Waals surface area contributed by atoms with Crippen LogP contribution in [0.4, 0.5) is 16.3 Å². The molecular weight excluding hydrogens is 537 g/mol. The molecule has 0 saturated carbocycles. The highest BCUT2D eigenvalue weighted by Crippen LogP contribution is 2.34. The Hall–Kier alpha value is -4.01. The molecule has 0 spiro atoms. The highest BCUT2D eigenvalue weighted by atomic mass is 35.5. The summed E-state index contributed by atoms with van der Waals surface area (Å²) in [6.07, 6.45) is 0. The largest absolute Gasteiger partial charge is 0.497 e. The summed E-state index contributed by atoms with van der Waals surface area (Å²) in [5.41, 5.74) is 3.52. The Morgan fingerprint density at radius 1 is 0.974 bits per heavy atom. The van der Waals surface area contributed by atoms with Crippen molar-refractivity contribution in [3.05, 3.63) is 88.5 Å². The van der Waals surface area contributed by atoms with Gasteiger partial charge in [-0.3, -0.25) is 4.79 Å². The molecule has 0 aliphatic rings. The first-order chi connectivity index (χ1) is 18.7. The number of aromatic nitrogens is 2. The van der Waals surface area contributed by atoms with E-state index < -0.39 is 6.03 Å². The summed E-state index contributed by atoms with van der Waals surface area (Å²) in [5.74, 6) is 0.814. The Kier molecular flexibility index (Phi) is 8.79. The Morgan fingerprint density at radius 3 is 2.31 bits per heavy atom. The second-order valence-corrected chi connectivity index (χ2v) is 9.87. The number of hydrogen-bond donors (Lipinski definition) is 2. The van der Waals surface area contributed by atoms with E-state index in [1.165, 1.54) is 4.90 Å². The third-order valence-electron chi connectivity index (χ3n) is 6.09. The van der Waals surface area contributed by atoms with Crippen molar-refractivity contribution in [2.75, 3.05) is 24.3 Å². The predicted molar refractivity (Wildman–Crippen MR) is 156 cm³/mol. The zero-order valence-corrected chi connectivity index (χ0v) is 23.5. The molecule has 0 radical (unpaired) electrons. The fourth-order valence-electron chi connectivity index (χ4n) is 4.11. The van der Waals surface area contributed by atoms with Gasteiger partial charge >= 0.3 is 6.03 Å². The molecule has 0 aliphatic carbocycles. The van der Waals surface area contributed by atoms with Gasteiger partial charge in [-0.25, -0.2) is 9.48 Å². The van der Waals surface area contributed by atoms with Crippen LogP contribution in [-0.2, 0) is 4.79 Å². The first-order valence-corrected chi connectivity index (χ1v) is 13.1. The van der Waals surface area contributed by atoms with Crippen molar-refractivity contribution in [2.45, 2.75) is 26.8 Å². The minimum absolute atomic E-state index is 0.206. The maximum atomic E-state index is 13.4. The average molecular weight is 566 g/mol. The molecule has 0 fully saturated rings. The quantitative estimate of drug-likeness (QED) is 0.239. The third kappa shape index (κ3) is 6.35. The Bertz CT molecular complexity index is 1470. The van der Waals surface area contributed by atoms with Gasteiger partial charge in [0.15, 0.2) is 0 Å². The molecule has 0 aliphatic heterocycles. The highest BCUT2D eigenvalue weighted by molar-refractivity contribution is 6.44. The van der Waals surface area contributed by atoms with Crippen molar-refractivity contribution < 1.29 is 14.3 Å². The van der Waals surface area contributed by atoms with Crippen LogP contribution in [0.1, 0.15) is 19.5 Å². The number of nitrogens with zero attached hydrogens (tertiary/aromatic N) is 3. The summed E-state index contributed by atoms with van der Waals surface area (Å²) in [6, 6.07) is 21.3. The van der Waals surface area contributed by atoms with Crippen molar-refractivity contribution in [1.29, 1.82) is 0 Å². The van der Waals surface area contributed by atoms with Crippen LogP contribution in [0.25, 0.3) is 16.8 Å². The van der Waals surface area contributed by atoms with E-state index in [2.05, 4.69) is 10.6 Å². The molecule has 10 heteroatoms. The highest BCUT2D eigenvalue weighted by Gasteiger charge is 2.25. The molecule has 0 atom stereocenters. The Labute approximate surface area is 237 Å². The van der Waals surface area contributed by atoms with Crippen molar-refractivity contribution in [3.63, 3.8) is 0 Å². The molecule has 1 heterocycles. The fourth-order valence-corrected chi connectivity index (χ4v) is 4.45. The first-order valence-electron chi connectivity index (χ1n) is 12.3. The second-order valence-electron chi connectivity index (χ2n) is 9.09. The van der Waals surface area contributed by atoms with Crippen LogP contribution in [-0.4, -0.2) is 46.3 Å². The topological polar surface area (TPSA) is 88.5 Å². The number of hydrogen-bond acceptors (Lipinski definition) is 4. The van der Waals surface area contributed by atoms with E-state index >= 15 is 0 Å². The van der Waals surface area contributed by atoms with Gasteiger partial charge in [0, 0.05) is 11.6 Å². The molecule has 2 N–H and O–H groups in total. The number of halogens is 2. The number of urea groups is 1. The summed E-state index contributed by atoms with van der Waals surface area (Å²) in [5, 5.41) is 11.0. The molecular formula is C29H29Cl2N5O3. The van der Waals surface area contributed by atoms with Gasteiger partial charge in [0.25, 0.3) is 0 Å². The van der Waals surface area contributed by atoms with Crippen LogP contribution >= 0.6 is 23.2 Å². The second kappa shape index (κ2) is 12.2. The molecule has 1 aromatic heterocycles. The summed E-state index contributed by atoms with van der Waals surface area (Å²) in [6.45, 7) is 5.34. The number of nitrogens with one attached hydrogen (secondary N) is 2. The minimum Gasteiger partial charge on any atom is -0.497 e. The number of anilines is 2. The van der Waals surface area contributed by atoms with Gasteiger partial charge in [0.1, 0.15) is 18.1 Å². The lowest BCUT2D eigenvalue weighted by Crippen LogP contribution is -2.44. The molecule has 3 aromatic carbocycles. The molecule has 39 heavy (non-hydrogen) atoms. The molecule has 0 saturated heterocycles. The van der Waals surface area contributed by atoms with Gasteiger partial charge in [0.2, 0.25) is 5.91 Å². The smallest absolute Gasteiger partial charge is 0.322 e. The zero-order valence-electron chi connectivity index (χ0n) is 22.0. The van der Waals surface area contributed by atoms with E-state index in [0.29, 0.717) is 22.3 Å². The fraction of sp³-hybridized carbons (Fsp3) is 0.207. The number of benzene rings is 3. The Balaban J connectivity index is 1.64. The monoisotopic (exact) mass is 565 g/mol. The average Bonchev–Trinajstić information content (AvgIpc) is 3.25. The summed E-state index contributed by atoms with van der Waals surface area (Å²) >= 11 is 12.3. The summed E-state index contributed by atoms with van der Waals surface area (Å²) in [4.78, 5) is 28.0. The van der Waals surface area contributed by atoms with E-state index in [-0.39, 0.29) is 23.5 Å². The lowest BCUT2D eigenvalue weighted by molar-refractivity contribution is -0.117. The first kappa shape index (κ1) is 28.0. The number of carbonyl (C=O) groups is 2. The van der Waals surface area contributed by atoms with Crippen molar-refractivity contribution in [2.24, 2.45) is 0 Å². The zero-order chi connectivity index (χ0) is 28.1. The predicted octanol–water partition coefficient (Wildman–Crippen LogP) is 7.04. The molecule has 8 nitrogen and oxygen atoms in total. The number of ether oxygens (including phenoxy) is 1. The SMILES string of the molecule is COc1ccc(-n2nc(C)c(-c3ccccc3)c2NC(=O)CN(C(=O)Nc2cccc(Cl)c2Cl)C(C)C)cc1.